The van der Waals surface area contributed by atoms with Crippen molar-refractivity contribution >= 4 is 0 Å². The first kappa shape index (κ1) is 15.4. The Bertz CT molecular complexity index is 451. The van der Waals surface area contributed by atoms with Gasteiger partial charge in [0, 0.05) is 37.8 Å². The Balaban J connectivity index is 2.21. The van der Waals surface area contributed by atoms with E-state index in [2.05, 4.69) is 30.7 Å². The van der Waals surface area contributed by atoms with Gasteiger partial charge in [0.15, 0.2) is 0 Å². The van der Waals surface area contributed by atoms with Crippen LogP contribution in [-0.4, -0.2) is 48.6 Å². The molecule has 4 heteroatoms. The summed E-state index contributed by atoms with van der Waals surface area (Å²) in [5.41, 5.74) is 7.81. The maximum absolute atomic E-state index is 13.4. The molecule has 1 fully saturated rings. The van der Waals surface area contributed by atoms with E-state index >= 15 is 0 Å². The second kappa shape index (κ2) is 6.20. The van der Waals surface area contributed by atoms with Crippen molar-refractivity contribution in [2.45, 2.75) is 38.9 Å². The number of piperazine rings is 1. The van der Waals surface area contributed by atoms with Gasteiger partial charge in [-0.1, -0.05) is 12.1 Å². The van der Waals surface area contributed by atoms with E-state index in [0.29, 0.717) is 24.2 Å². The highest BCUT2D eigenvalue weighted by Gasteiger charge is 2.30. The number of halogens is 1. The lowest BCUT2D eigenvalue weighted by Gasteiger charge is -2.45. The summed E-state index contributed by atoms with van der Waals surface area (Å²) in [6, 6.07) is 6.54. The molecule has 1 aromatic rings. The van der Waals surface area contributed by atoms with Gasteiger partial charge in [0.05, 0.1) is 0 Å². The first-order chi connectivity index (χ1) is 9.43. The fourth-order valence-electron chi connectivity index (χ4n) is 3.07. The Morgan fingerprint density at radius 3 is 2.40 bits per heavy atom. The first-order valence-corrected chi connectivity index (χ1v) is 7.36. The van der Waals surface area contributed by atoms with Crippen LogP contribution in [0, 0.1) is 12.7 Å². The van der Waals surface area contributed by atoms with E-state index in [1.54, 1.807) is 6.07 Å². The lowest BCUT2D eigenvalue weighted by atomic mass is 9.99. The summed E-state index contributed by atoms with van der Waals surface area (Å²) in [5, 5.41) is 0. The van der Waals surface area contributed by atoms with Crippen molar-refractivity contribution in [3.05, 3.63) is 35.1 Å². The molecule has 3 unspecified atom stereocenters. The number of nitrogens with zero attached hydrogens (tertiary/aromatic N) is 2. The summed E-state index contributed by atoms with van der Waals surface area (Å²) >= 11 is 0. The first-order valence-electron chi connectivity index (χ1n) is 7.36. The van der Waals surface area contributed by atoms with Crippen molar-refractivity contribution in [1.82, 2.24) is 9.80 Å². The van der Waals surface area contributed by atoms with E-state index in [0.717, 1.165) is 18.7 Å². The third-order valence-corrected chi connectivity index (χ3v) is 4.62. The van der Waals surface area contributed by atoms with Crippen LogP contribution < -0.4 is 5.73 Å². The van der Waals surface area contributed by atoms with Crippen molar-refractivity contribution in [3.63, 3.8) is 0 Å². The molecule has 112 valence electrons. The summed E-state index contributed by atoms with van der Waals surface area (Å²) in [5.74, 6) is -0.148. The van der Waals surface area contributed by atoms with Crippen molar-refractivity contribution in [2.75, 3.05) is 26.7 Å². The lowest BCUT2D eigenvalue weighted by molar-refractivity contribution is 0.0351. The highest BCUT2D eigenvalue weighted by Crippen LogP contribution is 2.26. The molecule has 3 atom stereocenters. The Morgan fingerprint density at radius 2 is 1.90 bits per heavy atom. The van der Waals surface area contributed by atoms with Crippen molar-refractivity contribution < 1.29 is 4.39 Å². The van der Waals surface area contributed by atoms with Crippen LogP contribution in [0.15, 0.2) is 18.2 Å². The van der Waals surface area contributed by atoms with Gasteiger partial charge in [-0.15, -0.1) is 0 Å². The molecule has 0 aromatic heterocycles. The summed E-state index contributed by atoms with van der Waals surface area (Å²) in [4.78, 5) is 4.84. The summed E-state index contributed by atoms with van der Waals surface area (Å²) in [6.07, 6.45) is 0. The molecule has 1 saturated heterocycles. The van der Waals surface area contributed by atoms with Gasteiger partial charge in [0.2, 0.25) is 0 Å². The highest BCUT2D eigenvalue weighted by atomic mass is 19.1. The van der Waals surface area contributed by atoms with Gasteiger partial charge in [-0.3, -0.25) is 9.80 Å². The van der Waals surface area contributed by atoms with E-state index in [-0.39, 0.29) is 11.9 Å². The van der Waals surface area contributed by atoms with Crippen molar-refractivity contribution in [2.24, 2.45) is 5.73 Å². The predicted octanol–water partition coefficient (Wildman–Crippen LogP) is 2.16. The van der Waals surface area contributed by atoms with Crippen LogP contribution in [0.1, 0.15) is 31.0 Å². The maximum Gasteiger partial charge on any atom is 0.126 e. The largest absolute Gasteiger partial charge is 0.329 e. The summed E-state index contributed by atoms with van der Waals surface area (Å²) in [6.45, 7) is 8.85. The SMILES string of the molecule is Cc1cc(C(CN)N2CC(C)N(C)C(C)C2)ccc1F. The molecule has 1 aliphatic rings. The number of benzene rings is 1. The van der Waals surface area contributed by atoms with E-state index in [9.17, 15) is 4.39 Å². The molecular weight excluding hydrogens is 253 g/mol. The highest BCUT2D eigenvalue weighted by molar-refractivity contribution is 5.27. The fourth-order valence-corrected chi connectivity index (χ4v) is 3.07. The van der Waals surface area contributed by atoms with E-state index in [1.165, 1.54) is 0 Å². The van der Waals surface area contributed by atoms with Gasteiger partial charge in [-0.2, -0.15) is 0 Å². The summed E-state index contributed by atoms with van der Waals surface area (Å²) in [7, 11) is 2.17. The molecule has 3 nitrogen and oxygen atoms in total. The van der Waals surface area contributed by atoms with Crippen molar-refractivity contribution in [3.8, 4) is 0 Å². The third kappa shape index (κ3) is 3.03. The van der Waals surface area contributed by atoms with Gasteiger partial charge in [0.1, 0.15) is 5.82 Å². The maximum atomic E-state index is 13.4. The number of hydrogen-bond acceptors (Lipinski definition) is 3. The van der Waals surface area contributed by atoms with Gasteiger partial charge < -0.3 is 5.73 Å². The zero-order valence-corrected chi connectivity index (χ0v) is 12.9. The normalized spacial score (nSPS) is 26.7. The quantitative estimate of drug-likeness (QED) is 0.920. The zero-order chi connectivity index (χ0) is 14.9. The Hall–Kier alpha value is -0.970. The minimum atomic E-state index is -0.148. The molecule has 0 radical (unpaired) electrons. The number of rotatable bonds is 3. The number of aryl methyl sites for hydroxylation is 1. The fraction of sp³-hybridized carbons (Fsp3) is 0.625. The molecule has 20 heavy (non-hydrogen) atoms. The molecule has 2 rings (SSSR count). The number of hydrogen-bond donors (Lipinski definition) is 1. The topological polar surface area (TPSA) is 32.5 Å². The van der Waals surface area contributed by atoms with Crippen LogP contribution in [0.2, 0.25) is 0 Å². The molecule has 0 spiro atoms. The Morgan fingerprint density at radius 1 is 1.30 bits per heavy atom. The second-order valence-corrected chi connectivity index (χ2v) is 6.08. The Kier molecular flexibility index (Phi) is 4.78. The van der Waals surface area contributed by atoms with Crippen LogP contribution in [0.25, 0.3) is 0 Å². The molecule has 0 amide bonds. The zero-order valence-electron chi connectivity index (χ0n) is 12.9. The van der Waals surface area contributed by atoms with Crippen LogP contribution in [0.4, 0.5) is 4.39 Å². The lowest BCUT2D eigenvalue weighted by Crippen LogP contribution is -2.56. The third-order valence-electron chi connectivity index (χ3n) is 4.62. The monoisotopic (exact) mass is 279 g/mol. The molecule has 0 aliphatic carbocycles. The molecule has 2 N–H and O–H groups in total. The molecular formula is C16H26FN3. The van der Waals surface area contributed by atoms with Crippen LogP contribution >= 0.6 is 0 Å². The molecule has 1 heterocycles. The van der Waals surface area contributed by atoms with Gasteiger partial charge in [-0.05, 0) is 45.0 Å². The summed E-state index contributed by atoms with van der Waals surface area (Å²) < 4.78 is 13.4. The van der Waals surface area contributed by atoms with Gasteiger partial charge >= 0.3 is 0 Å². The second-order valence-electron chi connectivity index (χ2n) is 6.08. The number of nitrogens with two attached hydrogens (primary N) is 1. The Labute approximate surface area is 121 Å². The van der Waals surface area contributed by atoms with Gasteiger partial charge in [0.25, 0.3) is 0 Å². The van der Waals surface area contributed by atoms with Crippen LogP contribution in [-0.2, 0) is 0 Å². The van der Waals surface area contributed by atoms with Crippen LogP contribution in [0.3, 0.4) is 0 Å². The smallest absolute Gasteiger partial charge is 0.126 e. The van der Waals surface area contributed by atoms with E-state index in [1.807, 2.05) is 19.1 Å². The molecule has 1 aromatic carbocycles. The molecule has 0 saturated carbocycles. The van der Waals surface area contributed by atoms with E-state index < -0.39 is 0 Å². The van der Waals surface area contributed by atoms with Gasteiger partial charge in [-0.25, -0.2) is 4.39 Å². The molecule has 0 bridgehead atoms. The standard InChI is InChI=1S/C16H26FN3/c1-11-7-14(5-6-15(11)17)16(8-18)20-9-12(2)19(4)13(3)10-20/h5-7,12-13,16H,8-10,18H2,1-4H3. The average Bonchev–Trinajstić information content (AvgIpc) is 2.41. The minimum absolute atomic E-state index is 0.148. The van der Waals surface area contributed by atoms with Crippen molar-refractivity contribution in [1.29, 1.82) is 0 Å². The van der Waals surface area contributed by atoms with E-state index in [4.69, 9.17) is 5.73 Å². The average molecular weight is 279 g/mol. The predicted molar refractivity (Wildman–Crippen MR) is 81.2 cm³/mol. The van der Waals surface area contributed by atoms with Crippen LogP contribution in [0.5, 0.6) is 0 Å². The number of likely N-dealkylation sites (N-methyl/N-ethyl adjacent to an activating group) is 1. The minimum Gasteiger partial charge on any atom is -0.329 e. The molecule has 1 aliphatic heterocycles.